The van der Waals surface area contributed by atoms with E-state index in [4.69, 9.17) is 14.7 Å². The highest BCUT2D eigenvalue weighted by atomic mass is 16.5. The molecule has 31 heavy (non-hydrogen) atoms. The third-order valence-corrected chi connectivity index (χ3v) is 5.50. The zero-order valence-corrected chi connectivity index (χ0v) is 17.5. The third kappa shape index (κ3) is 5.69. The number of carbonyl (C=O) groups is 1. The summed E-state index contributed by atoms with van der Waals surface area (Å²) in [5.74, 6) is -0.345. The molecular weight excluding hydrogens is 396 g/mol. The van der Waals surface area contributed by atoms with Crippen molar-refractivity contribution < 1.29 is 24.5 Å². The maximum absolute atomic E-state index is 13.0. The zero-order valence-electron chi connectivity index (χ0n) is 17.5. The highest BCUT2D eigenvalue weighted by molar-refractivity contribution is 5.85. The maximum atomic E-state index is 13.0. The Balaban J connectivity index is 1.77. The van der Waals surface area contributed by atoms with Crippen molar-refractivity contribution in [3.8, 4) is 6.07 Å². The van der Waals surface area contributed by atoms with Crippen LogP contribution in [0.3, 0.4) is 0 Å². The molecule has 2 aromatic rings. The van der Waals surface area contributed by atoms with Crippen LogP contribution in [0.5, 0.6) is 0 Å². The van der Waals surface area contributed by atoms with Gasteiger partial charge < -0.3 is 25.0 Å². The minimum atomic E-state index is -1.34. The van der Waals surface area contributed by atoms with Crippen LogP contribution in [0.2, 0.25) is 0 Å². The lowest BCUT2D eigenvalue weighted by Gasteiger charge is -2.43. The Morgan fingerprint density at radius 3 is 2.42 bits per heavy atom. The number of likely N-dealkylation sites (N-methyl/N-ethyl adjacent to an activating group) is 1. The van der Waals surface area contributed by atoms with Gasteiger partial charge in [0.05, 0.1) is 37.1 Å². The summed E-state index contributed by atoms with van der Waals surface area (Å²) in [6.45, 7) is 2.59. The van der Waals surface area contributed by atoms with Crippen molar-refractivity contribution in [3.05, 3.63) is 71.3 Å². The number of ether oxygens (including phenoxy) is 2. The summed E-state index contributed by atoms with van der Waals surface area (Å²) in [6, 6.07) is 18.5. The van der Waals surface area contributed by atoms with Gasteiger partial charge in [0, 0.05) is 19.4 Å². The Morgan fingerprint density at radius 2 is 1.77 bits per heavy atom. The Hall–Kier alpha value is -2.76. The Kier molecular flexibility index (Phi) is 7.77. The largest absolute Gasteiger partial charge is 0.390 e. The summed E-state index contributed by atoms with van der Waals surface area (Å²) < 4.78 is 12.0. The topological polar surface area (TPSA) is 112 Å². The summed E-state index contributed by atoms with van der Waals surface area (Å²) in [4.78, 5) is 13.0. The molecule has 1 saturated carbocycles. The first kappa shape index (κ1) is 22.9. The van der Waals surface area contributed by atoms with Gasteiger partial charge in [0.15, 0.2) is 5.60 Å². The van der Waals surface area contributed by atoms with Gasteiger partial charge in [0.25, 0.3) is 5.91 Å². The standard InChI is InChI=1S/C24H28N2O5/c1-2-26-23(29)24(31-16-19-10-8-17(14-25)9-11-19)12-20(27)22(28)21(13-24)30-15-18-6-4-3-5-7-18/h3-11,20-22,27-28H,2,12-13,15-16H2,1H3,(H,26,29)/t20-,21+,22-,24+/m1/s1. The van der Waals surface area contributed by atoms with Crippen molar-refractivity contribution in [3.63, 3.8) is 0 Å². The van der Waals surface area contributed by atoms with E-state index in [1.54, 1.807) is 24.3 Å². The van der Waals surface area contributed by atoms with E-state index in [1.807, 2.05) is 37.3 Å². The minimum Gasteiger partial charge on any atom is -0.390 e. The van der Waals surface area contributed by atoms with Crippen molar-refractivity contribution in [1.29, 1.82) is 5.26 Å². The summed E-state index contributed by atoms with van der Waals surface area (Å²) in [6.07, 6.45) is -2.99. The molecule has 0 unspecified atom stereocenters. The molecule has 0 saturated heterocycles. The number of amides is 1. The molecule has 0 aliphatic heterocycles. The number of benzene rings is 2. The van der Waals surface area contributed by atoms with Gasteiger partial charge in [-0.1, -0.05) is 42.5 Å². The normalized spacial score (nSPS) is 25.5. The maximum Gasteiger partial charge on any atom is 0.252 e. The number of rotatable bonds is 8. The summed E-state index contributed by atoms with van der Waals surface area (Å²) >= 11 is 0. The molecule has 0 radical (unpaired) electrons. The van der Waals surface area contributed by atoms with E-state index in [0.29, 0.717) is 12.1 Å². The molecular formula is C24H28N2O5. The lowest BCUT2D eigenvalue weighted by Crippen LogP contribution is -2.60. The van der Waals surface area contributed by atoms with Crippen LogP contribution in [0.15, 0.2) is 54.6 Å². The molecule has 2 aromatic carbocycles. The SMILES string of the molecule is CCNC(=O)[C@]1(OCc2ccc(C#N)cc2)C[C@@H](O)[C@@H](O)[C@@H](OCc2ccccc2)C1. The van der Waals surface area contributed by atoms with Crippen molar-refractivity contribution in [2.75, 3.05) is 6.54 Å². The van der Waals surface area contributed by atoms with Crippen LogP contribution >= 0.6 is 0 Å². The first-order valence-corrected chi connectivity index (χ1v) is 10.4. The lowest BCUT2D eigenvalue weighted by molar-refractivity contribution is -0.200. The van der Waals surface area contributed by atoms with E-state index < -0.39 is 23.9 Å². The minimum absolute atomic E-state index is 0.0402. The Morgan fingerprint density at radius 1 is 1.10 bits per heavy atom. The molecule has 7 nitrogen and oxygen atoms in total. The second kappa shape index (κ2) is 10.5. The zero-order chi connectivity index (χ0) is 22.3. The second-order valence-corrected chi connectivity index (χ2v) is 7.75. The molecule has 164 valence electrons. The molecule has 0 bridgehead atoms. The summed E-state index contributed by atoms with van der Waals surface area (Å²) in [7, 11) is 0. The number of aliphatic hydroxyl groups excluding tert-OH is 2. The van der Waals surface area contributed by atoms with Crippen molar-refractivity contribution in [1.82, 2.24) is 5.32 Å². The van der Waals surface area contributed by atoms with E-state index in [-0.39, 0.29) is 32.0 Å². The molecule has 1 fully saturated rings. The molecule has 3 N–H and O–H groups in total. The van der Waals surface area contributed by atoms with Gasteiger partial charge in [-0.15, -0.1) is 0 Å². The van der Waals surface area contributed by atoms with Crippen LogP contribution in [0.1, 0.15) is 36.5 Å². The van der Waals surface area contributed by atoms with E-state index in [2.05, 4.69) is 11.4 Å². The number of aliphatic hydroxyl groups is 2. The number of nitrogens with one attached hydrogen (secondary N) is 1. The molecule has 1 amide bonds. The highest BCUT2D eigenvalue weighted by Gasteiger charge is 2.51. The van der Waals surface area contributed by atoms with E-state index in [1.165, 1.54) is 0 Å². The Bertz CT molecular complexity index is 896. The molecule has 0 aromatic heterocycles. The second-order valence-electron chi connectivity index (χ2n) is 7.75. The monoisotopic (exact) mass is 424 g/mol. The molecule has 7 heteroatoms. The number of hydrogen-bond acceptors (Lipinski definition) is 6. The molecule has 1 aliphatic carbocycles. The highest BCUT2D eigenvalue weighted by Crippen LogP contribution is 2.35. The number of nitrogens with zero attached hydrogens (tertiary/aromatic N) is 1. The van der Waals surface area contributed by atoms with Crippen LogP contribution < -0.4 is 5.32 Å². The molecule has 0 heterocycles. The quantitative estimate of drug-likeness (QED) is 0.598. The van der Waals surface area contributed by atoms with E-state index in [9.17, 15) is 15.0 Å². The van der Waals surface area contributed by atoms with E-state index in [0.717, 1.165) is 11.1 Å². The van der Waals surface area contributed by atoms with Crippen LogP contribution in [0, 0.1) is 11.3 Å². The molecule has 4 atom stereocenters. The summed E-state index contributed by atoms with van der Waals surface area (Å²) in [5, 5.41) is 32.8. The number of carbonyl (C=O) groups excluding carboxylic acids is 1. The molecule has 0 spiro atoms. The number of hydrogen-bond donors (Lipinski definition) is 3. The number of nitriles is 1. The van der Waals surface area contributed by atoms with Crippen molar-refractivity contribution in [2.45, 2.75) is 56.9 Å². The third-order valence-electron chi connectivity index (χ3n) is 5.50. The van der Waals surface area contributed by atoms with Crippen molar-refractivity contribution >= 4 is 5.91 Å². The first-order valence-electron chi connectivity index (χ1n) is 10.4. The first-order chi connectivity index (χ1) is 15.0. The fourth-order valence-corrected chi connectivity index (χ4v) is 3.76. The van der Waals surface area contributed by atoms with E-state index >= 15 is 0 Å². The fourth-order valence-electron chi connectivity index (χ4n) is 3.76. The van der Waals surface area contributed by atoms with Crippen LogP contribution in [0.25, 0.3) is 0 Å². The van der Waals surface area contributed by atoms with Gasteiger partial charge in [-0.2, -0.15) is 5.26 Å². The smallest absolute Gasteiger partial charge is 0.252 e. The predicted molar refractivity (Wildman–Crippen MR) is 114 cm³/mol. The Labute approximate surface area is 182 Å². The van der Waals surface area contributed by atoms with Crippen LogP contribution in [-0.2, 0) is 27.5 Å². The lowest BCUT2D eigenvalue weighted by atomic mass is 9.78. The molecule has 3 rings (SSSR count). The average molecular weight is 424 g/mol. The van der Waals surface area contributed by atoms with Gasteiger partial charge in [-0.25, -0.2) is 0 Å². The van der Waals surface area contributed by atoms with Gasteiger partial charge in [-0.3, -0.25) is 4.79 Å². The predicted octanol–water partition coefficient (Wildman–Crippen LogP) is 2.05. The fraction of sp³-hybridized carbons (Fsp3) is 0.417. The average Bonchev–Trinajstić information content (AvgIpc) is 2.80. The van der Waals surface area contributed by atoms with Crippen LogP contribution in [0.4, 0.5) is 0 Å². The van der Waals surface area contributed by atoms with Gasteiger partial charge in [0.1, 0.15) is 6.10 Å². The van der Waals surface area contributed by atoms with Gasteiger partial charge in [-0.05, 0) is 30.2 Å². The summed E-state index contributed by atoms with van der Waals surface area (Å²) in [5.41, 5.74) is 0.916. The van der Waals surface area contributed by atoms with Crippen LogP contribution in [-0.4, -0.2) is 46.6 Å². The molecule has 1 aliphatic rings. The van der Waals surface area contributed by atoms with Crippen molar-refractivity contribution in [2.24, 2.45) is 0 Å². The van der Waals surface area contributed by atoms with Gasteiger partial charge in [0.2, 0.25) is 0 Å². The van der Waals surface area contributed by atoms with Gasteiger partial charge >= 0.3 is 0 Å².